The van der Waals surface area contributed by atoms with Crippen molar-refractivity contribution in [2.45, 2.75) is 255 Å². The maximum absolute atomic E-state index is 14.9. The lowest BCUT2D eigenvalue weighted by Gasteiger charge is -2.53. The summed E-state index contributed by atoms with van der Waals surface area (Å²) in [6.45, 7) is 37.9. The number of hydrogen-bond acceptors (Lipinski definition) is 12. The highest BCUT2D eigenvalue weighted by Gasteiger charge is 2.54. The van der Waals surface area contributed by atoms with E-state index < -0.39 is 41.1 Å². The number of methoxy groups -OCH3 is 1. The van der Waals surface area contributed by atoms with Gasteiger partial charge in [0.25, 0.3) is 11.8 Å². The summed E-state index contributed by atoms with van der Waals surface area (Å²) in [5.41, 5.74) is 2.86. The van der Waals surface area contributed by atoms with Crippen LogP contribution in [0.2, 0.25) is 36.3 Å². The summed E-state index contributed by atoms with van der Waals surface area (Å²) in [6.07, 6.45) is 6.84. The summed E-state index contributed by atoms with van der Waals surface area (Å²) in [5.74, 6) is -0.553. The molecule has 436 valence electrons. The third-order valence-electron chi connectivity index (χ3n) is 19.3. The van der Waals surface area contributed by atoms with Crippen LogP contribution in [0.3, 0.4) is 0 Å². The van der Waals surface area contributed by atoms with Crippen molar-refractivity contribution in [2.24, 2.45) is 23.7 Å². The van der Waals surface area contributed by atoms with Crippen LogP contribution in [0.1, 0.15) is 160 Å². The van der Waals surface area contributed by atoms with Gasteiger partial charge in [0.15, 0.2) is 16.6 Å². The molecule has 0 radical (unpaired) electrons. The van der Waals surface area contributed by atoms with Crippen LogP contribution in [-0.2, 0) is 46.9 Å². The normalized spacial score (nSPS) is 33.9. The second kappa shape index (κ2) is 26.1. The SMILES string of the molecule is C=C1C[C@H](CCC=O)OC1CC[C@H]1C[C@@H](C)C(=C)C(C[C@@H]2O[C@H](C[C@@H](CN3C(=O)c4ccccc4C3=O)O[Si](C)(C)C(C)(C)C)[C@H](OC)[C@H]2CC(=O)C[C@H]2CC[C@@H]3OC([C@@H](C)/C=C/I)[C@@H](O[Si](C)(C)C(C)(C)C)[C@@H](C)[C@H]3O2)O1. The van der Waals surface area contributed by atoms with Crippen molar-refractivity contribution in [3.05, 3.63) is 69.9 Å². The van der Waals surface area contributed by atoms with E-state index in [-0.39, 0.29) is 126 Å². The molecule has 6 aliphatic heterocycles. The van der Waals surface area contributed by atoms with Gasteiger partial charge < -0.3 is 42.1 Å². The molecule has 5 saturated heterocycles. The van der Waals surface area contributed by atoms with Crippen LogP contribution in [0.15, 0.2) is 58.7 Å². The van der Waals surface area contributed by atoms with Crippen LogP contribution in [-0.4, -0.2) is 138 Å². The minimum absolute atomic E-state index is 0.0112. The van der Waals surface area contributed by atoms with Crippen LogP contribution in [0.4, 0.5) is 0 Å². The quantitative estimate of drug-likeness (QED) is 0.0338. The summed E-state index contributed by atoms with van der Waals surface area (Å²) >= 11 is 2.28. The number of amides is 2. The highest BCUT2D eigenvalue weighted by Crippen LogP contribution is 2.47. The van der Waals surface area contributed by atoms with Gasteiger partial charge in [-0.1, -0.05) is 116 Å². The molecular weight excluding hydrogens is 1130 g/mol. The molecule has 1 aromatic carbocycles. The molecule has 2 amide bonds. The number of halogens is 1. The van der Waals surface area contributed by atoms with Gasteiger partial charge in [0.1, 0.15) is 12.1 Å². The number of nitrogens with zero attached hydrogens (tertiary/aromatic N) is 1. The van der Waals surface area contributed by atoms with Crippen molar-refractivity contribution in [3.63, 3.8) is 0 Å². The van der Waals surface area contributed by atoms with Gasteiger partial charge in [-0.05, 0) is 114 Å². The van der Waals surface area contributed by atoms with Crippen molar-refractivity contribution in [2.75, 3.05) is 13.7 Å². The average Bonchev–Trinajstić information content (AvgIpc) is 3.97. The number of imide groups is 1. The van der Waals surface area contributed by atoms with Gasteiger partial charge in [-0.15, -0.1) is 0 Å². The van der Waals surface area contributed by atoms with E-state index in [1.165, 1.54) is 4.90 Å². The van der Waals surface area contributed by atoms with Gasteiger partial charge in [0.05, 0.1) is 97.0 Å². The fourth-order valence-corrected chi connectivity index (χ4v) is 15.9. The van der Waals surface area contributed by atoms with Crippen LogP contribution in [0, 0.1) is 23.7 Å². The third kappa shape index (κ3) is 14.6. The molecule has 0 aliphatic carbocycles. The molecule has 0 N–H and O–H groups in total. The molecule has 0 spiro atoms. The van der Waals surface area contributed by atoms with Crippen LogP contribution >= 0.6 is 22.6 Å². The number of rotatable bonds is 23. The van der Waals surface area contributed by atoms with E-state index in [2.05, 4.69) is 134 Å². The van der Waals surface area contributed by atoms with Gasteiger partial charge in [0.2, 0.25) is 0 Å². The van der Waals surface area contributed by atoms with Crippen molar-refractivity contribution < 1.29 is 56.5 Å². The molecule has 17 atom stereocenters. The highest BCUT2D eigenvalue weighted by atomic mass is 127. The Labute approximate surface area is 483 Å². The summed E-state index contributed by atoms with van der Waals surface area (Å²) in [6, 6.07) is 6.97. The first-order chi connectivity index (χ1) is 36.6. The molecule has 0 bridgehead atoms. The number of carbonyl (C=O) groups is 4. The first-order valence-corrected chi connectivity index (χ1v) is 36.3. The first kappa shape index (κ1) is 63.3. The molecule has 13 nitrogen and oxygen atoms in total. The summed E-state index contributed by atoms with van der Waals surface area (Å²) < 4.78 is 57.5. The Kier molecular flexibility index (Phi) is 21.2. The van der Waals surface area contributed by atoms with Crippen molar-refractivity contribution in [1.29, 1.82) is 0 Å². The van der Waals surface area contributed by atoms with Gasteiger partial charge >= 0.3 is 0 Å². The second-order valence-corrected chi connectivity index (χ2v) is 37.2. The second-order valence-electron chi connectivity index (χ2n) is 27.0. The molecule has 6 aliphatic rings. The number of Topliss-reactive ketones (excluding diaryl/α,β-unsaturated/α-hetero) is 1. The lowest BCUT2D eigenvalue weighted by molar-refractivity contribution is -0.246. The Hall–Kier alpha value is -2.24. The van der Waals surface area contributed by atoms with Crippen LogP contribution < -0.4 is 0 Å². The molecule has 78 heavy (non-hydrogen) atoms. The molecule has 0 aromatic heterocycles. The van der Waals surface area contributed by atoms with Gasteiger partial charge in [-0.3, -0.25) is 19.3 Å². The van der Waals surface area contributed by atoms with Crippen LogP contribution in [0.5, 0.6) is 0 Å². The number of benzene rings is 1. The zero-order valence-corrected chi connectivity index (χ0v) is 53.8. The number of ketones is 1. The maximum Gasteiger partial charge on any atom is 0.261 e. The number of aldehydes is 1. The van der Waals surface area contributed by atoms with E-state index >= 15 is 0 Å². The number of hydrogen-bond donors (Lipinski definition) is 0. The molecule has 7 rings (SSSR count). The molecule has 16 heteroatoms. The molecule has 6 heterocycles. The van der Waals surface area contributed by atoms with Crippen molar-refractivity contribution >= 4 is 63.1 Å². The molecule has 3 unspecified atom stereocenters. The van der Waals surface area contributed by atoms with Crippen molar-refractivity contribution in [1.82, 2.24) is 4.90 Å². The topological polar surface area (TPSA) is 145 Å². The van der Waals surface area contributed by atoms with Gasteiger partial charge in [-0.2, -0.15) is 0 Å². The summed E-state index contributed by atoms with van der Waals surface area (Å²) in [4.78, 5) is 55.1. The predicted molar refractivity (Wildman–Crippen MR) is 319 cm³/mol. The third-order valence-corrected chi connectivity index (χ3v) is 28.7. The maximum atomic E-state index is 14.9. The molecular formula is C62H96INO12Si2. The van der Waals surface area contributed by atoms with Gasteiger partial charge in [0, 0.05) is 57.0 Å². The highest BCUT2D eigenvalue weighted by molar-refractivity contribution is 14.1. The van der Waals surface area contributed by atoms with E-state index in [0.717, 1.165) is 49.5 Å². The zero-order chi connectivity index (χ0) is 57.2. The Bertz CT molecular complexity index is 2290. The lowest BCUT2D eigenvalue weighted by Crippen LogP contribution is -2.61. The van der Waals surface area contributed by atoms with Gasteiger partial charge in [-0.25, -0.2) is 0 Å². The predicted octanol–water partition coefficient (Wildman–Crippen LogP) is 13.0. The number of ether oxygens (including phenoxy) is 6. The van der Waals surface area contributed by atoms with E-state index in [0.29, 0.717) is 43.2 Å². The Morgan fingerprint density at radius 1 is 0.833 bits per heavy atom. The minimum atomic E-state index is -2.49. The molecule has 1 aromatic rings. The Morgan fingerprint density at radius 3 is 2.10 bits per heavy atom. The fraction of sp³-hybridized carbons (Fsp3) is 0.742. The Morgan fingerprint density at radius 2 is 1.49 bits per heavy atom. The lowest BCUT2D eigenvalue weighted by atomic mass is 9.79. The largest absolute Gasteiger partial charge is 0.412 e. The average molecular weight is 1230 g/mol. The summed E-state index contributed by atoms with van der Waals surface area (Å²) in [7, 11) is -3.01. The number of fused-ring (bicyclic) bond motifs is 2. The monoisotopic (exact) mass is 1230 g/mol. The van der Waals surface area contributed by atoms with E-state index in [9.17, 15) is 19.2 Å². The molecule has 0 saturated carbocycles. The van der Waals surface area contributed by atoms with Crippen LogP contribution in [0.25, 0.3) is 0 Å². The smallest absolute Gasteiger partial charge is 0.261 e. The molecule has 5 fully saturated rings. The summed E-state index contributed by atoms with van der Waals surface area (Å²) in [5, 5.41) is -0.159. The van der Waals surface area contributed by atoms with E-state index in [4.69, 9.17) is 37.3 Å². The van der Waals surface area contributed by atoms with E-state index in [1.54, 1.807) is 31.4 Å². The Balaban J connectivity index is 1.12. The first-order valence-electron chi connectivity index (χ1n) is 29.3. The standard InChI is InChI=1S/C62H96INO12Si2/c1-37(27-28-63)55-57(76-78(15,16)62(9,10)11)41(5)56-51(74-55)26-24-45(72-56)32-42(66)33-49-53(35-52-40(4)38(2)30-44(71-52)23-25-50-39(3)31-43(70-50)20-19-29-65)73-54(58(49)69-12)34-46(75-77(13,14)61(6,7)8)36-64-59(67)47-21-17-18-22-48(47)60(64)68/h17-18,21-22,27-29,37-38,41,43-46,49-58H,3-4,19-20,23-26,30-36H2,1-2,5-16H3/b28-27+/t37-,38+,41-,43-,44-,45+,46-,49-,50?,51-,52?,53-,54+,55?,56+,57-,58+/m0/s1. The fourth-order valence-electron chi connectivity index (χ4n) is 12.5. The minimum Gasteiger partial charge on any atom is -0.412 e. The van der Waals surface area contributed by atoms with E-state index in [1.807, 2.05) is 0 Å². The van der Waals surface area contributed by atoms with Crippen molar-refractivity contribution in [3.8, 4) is 0 Å². The number of carbonyl (C=O) groups excluding carboxylic acids is 4. The zero-order valence-electron chi connectivity index (χ0n) is 49.7.